The van der Waals surface area contributed by atoms with Gasteiger partial charge in [0.05, 0.1) is 0 Å². The van der Waals surface area contributed by atoms with Crippen LogP contribution < -0.4 is 0 Å². The summed E-state index contributed by atoms with van der Waals surface area (Å²) in [6, 6.07) is 7.06. The largest absolute Gasteiger partial charge is 0.264 e. The van der Waals surface area contributed by atoms with Crippen molar-refractivity contribution in [2.75, 3.05) is 0 Å². The summed E-state index contributed by atoms with van der Waals surface area (Å²) in [5, 5.41) is 0.581. The van der Waals surface area contributed by atoms with Crippen molar-refractivity contribution in [1.29, 1.82) is 0 Å². The topological polar surface area (TPSA) is 34.1 Å². The summed E-state index contributed by atoms with van der Waals surface area (Å²) in [4.78, 5) is 0.0152. The van der Waals surface area contributed by atoms with Crippen molar-refractivity contribution in [2.24, 2.45) is 0 Å². The first-order chi connectivity index (χ1) is 6.50. The van der Waals surface area contributed by atoms with Crippen LogP contribution in [0.3, 0.4) is 0 Å². The zero-order valence-corrected chi connectivity index (χ0v) is 9.84. The molecular formula is C8H4Cl2O2S2. The van der Waals surface area contributed by atoms with Gasteiger partial charge in [-0.05, 0) is 6.07 Å². The predicted octanol–water partition coefficient (Wildman–Crippen LogP) is 3.48. The first kappa shape index (κ1) is 10.2. The first-order valence-electron chi connectivity index (χ1n) is 3.62. The molecule has 0 saturated heterocycles. The number of benzene rings is 1. The van der Waals surface area contributed by atoms with Crippen molar-refractivity contribution >= 4 is 52.8 Å². The van der Waals surface area contributed by atoms with Crippen LogP contribution in [0.4, 0.5) is 0 Å². The number of rotatable bonds is 1. The second-order valence-corrected chi connectivity index (χ2v) is 6.80. The summed E-state index contributed by atoms with van der Waals surface area (Å²) >= 11 is 7.01. The molecule has 0 aliphatic rings. The SMILES string of the molecule is O=S(=O)(Cl)c1c(Cl)sc2ccccc12. The second kappa shape index (κ2) is 3.38. The third-order valence-electron chi connectivity index (χ3n) is 1.75. The third kappa shape index (κ3) is 1.63. The monoisotopic (exact) mass is 266 g/mol. The molecule has 0 fully saturated rings. The summed E-state index contributed by atoms with van der Waals surface area (Å²) in [6.45, 7) is 0. The molecule has 0 N–H and O–H groups in total. The zero-order chi connectivity index (χ0) is 10.3. The van der Waals surface area contributed by atoms with Gasteiger partial charge in [-0.2, -0.15) is 0 Å². The van der Waals surface area contributed by atoms with Crippen LogP contribution >= 0.6 is 33.6 Å². The maximum absolute atomic E-state index is 11.2. The normalized spacial score (nSPS) is 12.1. The van der Waals surface area contributed by atoms with Gasteiger partial charge in [0, 0.05) is 20.8 Å². The Labute approximate surface area is 94.5 Å². The molecule has 0 spiro atoms. The highest BCUT2D eigenvalue weighted by Gasteiger charge is 2.20. The molecule has 2 aromatic rings. The molecule has 0 amide bonds. The lowest BCUT2D eigenvalue weighted by molar-refractivity contribution is 0.610. The van der Waals surface area contributed by atoms with Crippen molar-refractivity contribution in [3.8, 4) is 0 Å². The highest BCUT2D eigenvalue weighted by Crippen LogP contribution is 2.39. The Morgan fingerprint density at radius 3 is 2.50 bits per heavy atom. The van der Waals surface area contributed by atoms with E-state index in [-0.39, 0.29) is 9.23 Å². The fourth-order valence-corrected chi connectivity index (χ4v) is 4.59. The number of halogens is 2. The van der Waals surface area contributed by atoms with Crippen molar-refractivity contribution < 1.29 is 8.42 Å². The highest BCUT2D eigenvalue weighted by atomic mass is 35.7. The van der Waals surface area contributed by atoms with Gasteiger partial charge in [-0.1, -0.05) is 29.8 Å². The molecule has 0 aliphatic heterocycles. The van der Waals surface area contributed by atoms with E-state index in [1.165, 1.54) is 11.3 Å². The van der Waals surface area contributed by atoms with Crippen LogP contribution in [0, 0.1) is 0 Å². The molecule has 0 aliphatic carbocycles. The van der Waals surface area contributed by atoms with Gasteiger partial charge >= 0.3 is 0 Å². The van der Waals surface area contributed by atoms with Gasteiger partial charge in [0.2, 0.25) is 0 Å². The van der Waals surface area contributed by atoms with Gasteiger partial charge in [0.1, 0.15) is 9.23 Å². The van der Waals surface area contributed by atoms with E-state index in [1.807, 2.05) is 6.07 Å². The van der Waals surface area contributed by atoms with Crippen molar-refractivity contribution in [2.45, 2.75) is 4.90 Å². The molecule has 1 aromatic heterocycles. The van der Waals surface area contributed by atoms with E-state index in [0.29, 0.717) is 5.39 Å². The first-order valence-corrected chi connectivity index (χ1v) is 7.12. The van der Waals surface area contributed by atoms with Gasteiger partial charge in [-0.3, -0.25) is 0 Å². The lowest BCUT2D eigenvalue weighted by Gasteiger charge is -1.93. The molecule has 14 heavy (non-hydrogen) atoms. The lowest BCUT2D eigenvalue weighted by atomic mass is 10.3. The average Bonchev–Trinajstić information content (AvgIpc) is 2.38. The van der Waals surface area contributed by atoms with Gasteiger partial charge in [-0.25, -0.2) is 8.42 Å². The van der Waals surface area contributed by atoms with Crippen LogP contribution in [0.15, 0.2) is 29.2 Å². The van der Waals surface area contributed by atoms with E-state index in [1.54, 1.807) is 18.2 Å². The Hall–Kier alpha value is -0.290. The van der Waals surface area contributed by atoms with E-state index in [9.17, 15) is 8.42 Å². The number of hydrogen-bond acceptors (Lipinski definition) is 3. The van der Waals surface area contributed by atoms with Crippen LogP contribution in [-0.2, 0) is 9.05 Å². The maximum Gasteiger partial charge on any atom is 0.264 e. The summed E-state index contributed by atoms with van der Waals surface area (Å²) in [6.07, 6.45) is 0. The van der Waals surface area contributed by atoms with E-state index < -0.39 is 9.05 Å². The fraction of sp³-hybridized carbons (Fsp3) is 0. The smallest absolute Gasteiger partial charge is 0.207 e. The van der Waals surface area contributed by atoms with Crippen molar-refractivity contribution in [3.63, 3.8) is 0 Å². The molecule has 0 saturated carbocycles. The van der Waals surface area contributed by atoms with Crippen LogP contribution in [0.1, 0.15) is 0 Å². The Kier molecular flexibility index (Phi) is 2.47. The average molecular weight is 267 g/mol. The predicted molar refractivity (Wildman–Crippen MR) is 59.9 cm³/mol. The minimum atomic E-state index is -3.77. The van der Waals surface area contributed by atoms with Crippen LogP contribution in [0.25, 0.3) is 10.1 Å². The van der Waals surface area contributed by atoms with Gasteiger partial charge in [-0.15, -0.1) is 11.3 Å². The standard InChI is InChI=1S/C8H4Cl2O2S2/c9-8-7(14(10,11)12)5-3-1-2-4-6(5)13-8/h1-4H. The maximum atomic E-state index is 11.2. The van der Waals surface area contributed by atoms with Gasteiger partial charge in [0.15, 0.2) is 0 Å². The van der Waals surface area contributed by atoms with Gasteiger partial charge in [0.25, 0.3) is 9.05 Å². The molecule has 1 heterocycles. The van der Waals surface area contributed by atoms with Crippen molar-refractivity contribution in [1.82, 2.24) is 0 Å². The Bertz CT molecular complexity index is 586. The van der Waals surface area contributed by atoms with Crippen molar-refractivity contribution in [3.05, 3.63) is 28.6 Å². The molecule has 0 unspecified atom stereocenters. The minimum absolute atomic E-state index is 0.0152. The second-order valence-electron chi connectivity index (χ2n) is 2.64. The zero-order valence-electron chi connectivity index (χ0n) is 6.70. The fourth-order valence-electron chi connectivity index (χ4n) is 1.22. The third-order valence-corrected chi connectivity index (χ3v) is 4.75. The molecule has 6 heteroatoms. The highest BCUT2D eigenvalue weighted by molar-refractivity contribution is 8.14. The molecule has 0 radical (unpaired) electrons. The lowest BCUT2D eigenvalue weighted by Crippen LogP contribution is -1.88. The number of hydrogen-bond donors (Lipinski definition) is 0. The quantitative estimate of drug-likeness (QED) is 0.741. The van der Waals surface area contributed by atoms with Crippen LogP contribution in [-0.4, -0.2) is 8.42 Å². The summed E-state index contributed by atoms with van der Waals surface area (Å²) in [7, 11) is 1.51. The molecule has 74 valence electrons. The van der Waals surface area contributed by atoms with E-state index in [4.69, 9.17) is 22.3 Å². The molecule has 2 nitrogen and oxygen atoms in total. The Balaban J connectivity index is 2.95. The Morgan fingerprint density at radius 2 is 1.86 bits per heavy atom. The molecule has 2 rings (SSSR count). The Morgan fingerprint density at radius 1 is 1.21 bits per heavy atom. The molecule has 1 aromatic carbocycles. The summed E-state index contributed by atoms with van der Waals surface area (Å²) in [5.74, 6) is 0. The van der Waals surface area contributed by atoms with Gasteiger partial charge < -0.3 is 0 Å². The molecule has 0 atom stereocenters. The number of fused-ring (bicyclic) bond motifs is 1. The van der Waals surface area contributed by atoms with E-state index in [2.05, 4.69) is 0 Å². The van der Waals surface area contributed by atoms with Crippen LogP contribution in [0.2, 0.25) is 4.34 Å². The minimum Gasteiger partial charge on any atom is -0.207 e. The van der Waals surface area contributed by atoms with Crippen LogP contribution in [0.5, 0.6) is 0 Å². The number of thiophene rings is 1. The molecular weight excluding hydrogens is 263 g/mol. The summed E-state index contributed by atoms with van der Waals surface area (Å²) < 4.78 is 23.5. The molecule has 0 bridgehead atoms. The van der Waals surface area contributed by atoms with E-state index >= 15 is 0 Å². The summed E-state index contributed by atoms with van der Waals surface area (Å²) in [5.41, 5.74) is 0. The van der Waals surface area contributed by atoms with E-state index in [0.717, 1.165) is 4.70 Å².